The van der Waals surface area contributed by atoms with Crippen molar-refractivity contribution in [1.82, 2.24) is 14.7 Å². The lowest BCUT2D eigenvalue weighted by Gasteiger charge is -2.12. The van der Waals surface area contributed by atoms with Crippen LogP contribution in [0, 0.1) is 13.8 Å². The van der Waals surface area contributed by atoms with E-state index in [9.17, 15) is 4.79 Å². The number of halogens is 1. The van der Waals surface area contributed by atoms with E-state index in [-0.39, 0.29) is 11.9 Å². The molecule has 1 aromatic heterocycles. The average molecular weight is 359 g/mol. The molecule has 1 fully saturated rings. The maximum Gasteiger partial charge on any atom is 0.246 e. The molecule has 0 radical (unpaired) electrons. The van der Waals surface area contributed by atoms with E-state index in [0.29, 0.717) is 13.1 Å². The highest BCUT2D eigenvalue weighted by Crippen LogP contribution is 2.20. The standard InChI is InChI=1S/C19H23ClN4O/c1-13-17(7-8-19(25)23-10-9-16(21)12-23)14(2)24(22-13)11-15-5-3-4-6-18(15)20/h3-8,16H,9-12,21H2,1-2H3/b8-7+/t16-/m0/s1. The molecule has 6 heteroatoms. The Kier molecular flexibility index (Phi) is 5.25. The average Bonchev–Trinajstić information content (AvgIpc) is 3.12. The highest BCUT2D eigenvalue weighted by Gasteiger charge is 2.22. The van der Waals surface area contributed by atoms with Crippen LogP contribution in [0.1, 0.15) is 28.9 Å². The lowest BCUT2D eigenvalue weighted by Crippen LogP contribution is -2.30. The van der Waals surface area contributed by atoms with Gasteiger partial charge < -0.3 is 10.6 Å². The number of benzene rings is 1. The molecule has 25 heavy (non-hydrogen) atoms. The summed E-state index contributed by atoms with van der Waals surface area (Å²) >= 11 is 6.24. The molecule has 132 valence electrons. The summed E-state index contributed by atoms with van der Waals surface area (Å²) in [5, 5.41) is 5.33. The number of hydrogen-bond acceptors (Lipinski definition) is 3. The van der Waals surface area contributed by atoms with Crippen molar-refractivity contribution < 1.29 is 4.79 Å². The van der Waals surface area contributed by atoms with Gasteiger partial charge in [0.25, 0.3) is 0 Å². The number of amides is 1. The van der Waals surface area contributed by atoms with Gasteiger partial charge in [-0.15, -0.1) is 0 Å². The molecule has 5 nitrogen and oxygen atoms in total. The maximum atomic E-state index is 12.3. The molecule has 0 spiro atoms. The minimum absolute atomic E-state index is 0.00519. The molecular formula is C19H23ClN4O. The second kappa shape index (κ2) is 7.42. The molecule has 0 bridgehead atoms. The van der Waals surface area contributed by atoms with Crippen LogP contribution < -0.4 is 5.73 Å². The number of rotatable bonds is 4. The van der Waals surface area contributed by atoms with Crippen molar-refractivity contribution in [2.75, 3.05) is 13.1 Å². The molecule has 2 heterocycles. The van der Waals surface area contributed by atoms with Crippen molar-refractivity contribution >= 4 is 23.6 Å². The summed E-state index contributed by atoms with van der Waals surface area (Å²) in [6.45, 7) is 5.93. The second-order valence-corrected chi connectivity index (χ2v) is 6.91. The van der Waals surface area contributed by atoms with Gasteiger partial charge in [0.2, 0.25) is 5.91 Å². The summed E-state index contributed by atoms with van der Waals surface area (Å²) in [5.41, 5.74) is 9.77. The number of likely N-dealkylation sites (tertiary alicyclic amines) is 1. The van der Waals surface area contributed by atoms with Crippen LogP contribution in [-0.2, 0) is 11.3 Å². The number of aromatic nitrogens is 2. The molecule has 0 unspecified atom stereocenters. The summed E-state index contributed by atoms with van der Waals surface area (Å²) in [6.07, 6.45) is 4.34. The van der Waals surface area contributed by atoms with Crippen LogP contribution in [0.4, 0.5) is 0 Å². The quantitative estimate of drug-likeness (QED) is 0.855. The molecule has 1 aliphatic rings. The van der Waals surface area contributed by atoms with Crippen molar-refractivity contribution in [3.63, 3.8) is 0 Å². The zero-order valence-corrected chi connectivity index (χ0v) is 15.3. The largest absolute Gasteiger partial charge is 0.338 e. The molecule has 1 aliphatic heterocycles. The van der Waals surface area contributed by atoms with Crippen LogP contribution in [0.2, 0.25) is 5.02 Å². The third kappa shape index (κ3) is 3.94. The van der Waals surface area contributed by atoms with E-state index in [1.165, 1.54) is 0 Å². The van der Waals surface area contributed by atoms with Gasteiger partial charge in [-0.3, -0.25) is 9.48 Å². The first-order valence-corrected chi connectivity index (χ1v) is 8.83. The number of carbonyl (C=O) groups excluding carboxylic acids is 1. The molecule has 2 aromatic rings. The molecule has 0 aliphatic carbocycles. The maximum absolute atomic E-state index is 12.3. The van der Waals surface area contributed by atoms with Crippen molar-refractivity contribution in [2.24, 2.45) is 5.73 Å². The van der Waals surface area contributed by atoms with Crippen LogP contribution in [0.5, 0.6) is 0 Å². The van der Waals surface area contributed by atoms with E-state index in [1.54, 1.807) is 11.0 Å². The number of carbonyl (C=O) groups is 1. The molecule has 1 atom stereocenters. The van der Waals surface area contributed by atoms with Crippen molar-refractivity contribution in [1.29, 1.82) is 0 Å². The number of nitrogens with two attached hydrogens (primary N) is 1. The SMILES string of the molecule is Cc1nn(Cc2ccccc2Cl)c(C)c1/C=C/C(=O)N1CC[C@H](N)C1. The van der Waals surface area contributed by atoms with E-state index in [1.807, 2.05) is 48.9 Å². The number of nitrogens with zero attached hydrogens (tertiary/aromatic N) is 3. The molecule has 0 saturated carbocycles. The molecule has 1 aromatic carbocycles. The lowest BCUT2D eigenvalue weighted by molar-refractivity contribution is -0.124. The van der Waals surface area contributed by atoms with Gasteiger partial charge in [0.15, 0.2) is 0 Å². The number of aryl methyl sites for hydroxylation is 1. The van der Waals surface area contributed by atoms with Crippen LogP contribution >= 0.6 is 11.6 Å². The van der Waals surface area contributed by atoms with Gasteiger partial charge in [-0.25, -0.2) is 0 Å². The fourth-order valence-corrected chi connectivity index (χ4v) is 3.34. The monoisotopic (exact) mass is 358 g/mol. The Morgan fingerprint density at radius 3 is 2.84 bits per heavy atom. The summed E-state index contributed by atoms with van der Waals surface area (Å²) in [4.78, 5) is 14.1. The van der Waals surface area contributed by atoms with Gasteiger partial charge in [-0.1, -0.05) is 29.8 Å². The van der Waals surface area contributed by atoms with E-state index < -0.39 is 0 Å². The molecule has 1 amide bonds. The summed E-state index contributed by atoms with van der Waals surface area (Å²) in [7, 11) is 0. The minimum atomic E-state index is 0.00519. The van der Waals surface area contributed by atoms with Crippen LogP contribution in [0.15, 0.2) is 30.3 Å². The first-order valence-electron chi connectivity index (χ1n) is 8.45. The van der Waals surface area contributed by atoms with Crippen LogP contribution in [0.25, 0.3) is 6.08 Å². The molecular weight excluding hydrogens is 336 g/mol. The van der Waals surface area contributed by atoms with Crippen LogP contribution in [-0.4, -0.2) is 39.7 Å². The van der Waals surface area contributed by atoms with Gasteiger partial charge in [-0.05, 0) is 38.0 Å². The van der Waals surface area contributed by atoms with Gasteiger partial charge in [0.05, 0.1) is 12.2 Å². The Balaban J connectivity index is 1.77. The van der Waals surface area contributed by atoms with E-state index in [2.05, 4.69) is 5.10 Å². The molecule has 3 rings (SSSR count). The van der Waals surface area contributed by atoms with E-state index in [4.69, 9.17) is 17.3 Å². The van der Waals surface area contributed by atoms with E-state index in [0.717, 1.165) is 40.5 Å². The van der Waals surface area contributed by atoms with Gasteiger partial charge in [0.1, 0.15) is 0 Å². The normalized spacial score (nSPS) is 17.6. The Morgan fingerprint density at radius 1 is 1.40 bits per heavy atom. The zero-order chi connectivity index (χ0) is 18.0. The Morgan fingerprint density at radius 2 is 2.16 bits per heavy atom. The van der Waals surface area contributed by atoms with Crippen LogP contribution in [0.3, 0.4) is 0 Å². The Labute approximate surface area is 153 Å². The summed E-state index contributed by atoms with van der Waals surface area (Å²) in [5.74, 6) is 0.00519. The van der Waals surface area contributed by atoms with Crippen molar-refractivity contribution in [2.45, 2.75) is 32.9 Å². The first kappa shape index (κ1) is 17.7. The topological polar surface area (TPSA) is 64.2 Å². The first-order chi connectivity index (χ1) is 12.0. The molecule has 2 N–H and O–H groups in total. The fourth-order valence-electron chi connectivity index (χ4n) is 3.14. The lowest BCUT2D eigenvalue weighted by atomic mass is 10.1. The smallest absolute Gasteiger partial charge is 0.246 e. The Bertz CT molecular complexity index is 812. The minimum Gasteiger partial charge on any atom is -0.338 e. The predicted octanol–water partition coefficient (Wildman–Crippen LogP) is 2.77. The third-order valence-electron chi connectivity index (χ3n) is 4.64. The zero-order valence-electron chi connectivity index (χ0n) is 14.6. The van der Waals surface area contributed by atoms with Gasteiger partial charge in [-0.2, -0.15) is 5.10 Å². The van der Waals surface area contributed by atoms with Crippen molar-refractivity contribution in [3.05, 3.63) is 57.9 Å². The highest BCUT2D eigenvalue weighted by molar-refractivity contribution is 6.31. The van der Waals surface area contributed by atoms with Gasteiger partial charge in [0, 0.05) is 41.5 Å². The fraction of sp³-hybridized carbons (Fsp3) is 0.368. The molecule has 1 saturated heterocycles. The number of hydrogen-bond donors (Lipinski definition) is 1. The summed E-state index contributed by atoms with van der Waals surface area (Å²) in [6, 6.07) is 7.85. The highest BCUT2D eigenvalue weighted by atomic mass is 35.5. The Hall–Kier alpha value is -2.11. The second-order valence-electron chi connectivity index (χ2n) is 6.50. The van der Waals surface area contributed by atoms with Crippen molar-refractivity contribution in [3.8, 4) is 0 Å². The third-order valence-corrected chi connectivity index (χ3v) is 5.01. The van der Waals surface area contributed by atoms with E-state index >= 15 is 0 Å². The predicted molar refractivity (Wildman–Crippen MR) is 100 cm³/mol. The summed E-state index contributed by atoms with van der Waals surface area (Å²) < 4.78 is 1.92. The van der Waals surface area contributed by atoms with Gasteiger partial charge >= 0.3 is 0 Å².